The molecule has 1 saturated heterocycles. The molecule has 2 amide bonds. The van der Waals surface area contributed by atoms with Gasteiger partial charge in [-0.05, 0) is 30.2 Å². The van der Waals surface area contributed by atoms with E-state index in [1.807, 2.05) is 24.0 Å². The first-order valence-corrected chi connectivity index (χ1v) is 12.3. The summed E-state index contributed by atoms with van der Waals surface area (Å²) in [4.78, 5) is 51.0. The van der Waals surface area contributed by atoms with Crippen molar-refractivity contribution in [2.45, 2.75) is 62.5 Å². The van der Waals surface area contributed by atoms with Crippen LogP contribution in [0.25, 0.3) is 0 Å². The average molecular weight is 563 g/mol. The van der Waals surface area contributed by atoms with Crippen LogP contribution in [0.3, 0.4) is 0 Å². The van der Waals surface area contributed by atoms with Gasteiger partial charge in [-0.1, -0.05) is 19.1 Å². The van der Waals surface area contributed by atoms with Gasteiger partial charge in [0.2, 0.25) is 12.2 Å². The van der Waals surface area contributed by atoms with Crippen molar-refractivity contribution >= 4 is 17.5 Å². The van der Waals surface area contributed by atoms with E-state index in [1.54, 1.807) is 12.1 Å². The van der Waals surface area contributed by atoms with Crippen LogP contribution in [0.15, 0.2) is 58.0 Å². The highest BCUT2D eigenvalue weighted by Gasteiger charge is 2.52. The van der Waals surface area contributed by atoms with Crippen LogP contribution in [-0.4, -0.2) is 86.7 Å². The minimum atomic E-state index is -1.78. The van der Waals surface area contributed by atoms with Crippen LogP contribution in [-0.2, 0) is 35.0 Å². The third-order valence-electron chi connectivity index (χ3n) is 6.54. The number of hydrogen-bond acceptors (Lipinski definition) is 11. The molecule has 7 N–H and O–H groups in total. The maximum Gasteiger partial charge on any atom is 0.330 e. The number of ether oxygens (including phenoxy) is 4. The lowest BCUT2D eigenvalue weighted by Crippen LogP contribution is -2.53. The van der Waals surface area contributed by atoms with Gasteiger partial charge in [-0.3, -0.25) is 23.9 Å². The summed E-state index contributed by atoms with van der Waals surface area (Å²) in [5.41, 5.74) is 5.46. The molecule has 2 aromatic rings. The number of nitrogens with zero attached hydrogens (tertiary/aromatic N) is 1. The third kappa shape index (κ3) is 5.99. The molecule has 8 atom stereocenters. The third-order valence-corrected chi connectivity index (χ3v) is 6.54. The topological polar surface area (TPSA) is 225 Å². The molecule has 40 heavy (non-hydrogen) atoms. The highest BCUT2D eigenvalue weighted by atomic mass is 16.7. The van der Waals surface area contributed by atoms with Gasteiger partial charge >= 0.3 is 5.69 Å². The highest BCUT2D eigenvalue weighted by molar-refractivity contribution is 6.02. The van der Waals surface area contributed by atoms with Crippen molar-refractivity contribution in [1.29, 1.82) is 0 Å². The normalized spacial score (nSPS) is 28.8. The molecule has 1 aromatic carbocycles. The lowest BCUT2D eigenvalue weighted by molar-refractivity contribution is -0.241. The summed E-state index contributed by atoms with van der Waals surface area (Å²) in [6, 6.07) is 8.04. The average Bonchev–Trinajstić information content (AvgIpc) is 3.24. The lowest BCUT2D eigenvalue weighted by Gasteiger charge is -2.35. The maximum absolute atomic E-state index is 12.8. The van der Waals surface area contributed by atoms with E-state index in [9.17, 15) is 34.5 Å². The molecule has 216 valence electrons. The molecule has 15 nitrogen and oxygen atoms in total. The van der Waals surface area contributed by atoms with Gasteiger partial charge in [0.1, 0.15) is 30.5 Å². The molecule has 3 heterocycles. The zero-order valence-electron chi connectivity index (χ0n) is 21.5. The first-order chi connectivity index (χ1) is 19.0. The van der Waals surface area contributed by atoms with Gasteiger partial charge in [-0.15, -0.1) is 0 Å². The van der Waals surface area contributed by atoms with Crippen LogP contribution in [0.5, 0.6) is 0 Å². The fourth-order valence-electron chi connectivity index (χ4n) is 4.40. The second kappa shape index (κ2) is 12.1. The Balaban J connectivity index is 1.53. The van der Waals surface area contributed by atoms with Crippen molar-refractivity contribution in [3.05, 3.63) is 74.8 Å². The minimum absolute atomic E-state index is 0.404. The zero-order valence-corrected chi connectivity index (χ0v) is 21.5. The smallest absolute Gasteiger partial charge is 0.330 e. The van der Waals surface area contributed by atoms with Gasteiger partial charge < -0.3 is 45.3 Å². The molecule has 15 heteroatoms. The molecular weight excluding hydrogens is 532 g/mol. The van der Waals surface area contributed by atoms with Crippen LogP contribution in [0.4, 0.5) is 5.69 Å². The van der Waals surface area contributed by atoms with Crippen LogP contribution < -0.4 is 22.3 Å². The molecule has 0 spiro atoms. The van der Waals surface area contributed by atoms with E-state index in [-0.39, 0.29) is 0 Å². The first kappa shape index (κ1) is 29.1. The number of amides is 2. The lowest BCUT2D eigenvalue weighted by atomic mass is 10.0. The van der Waals surface area contributed by atoms with Gasteiger partial charge in [-0.25, -0.2) is 4.79 Å². The number of rotatable bonds is 9. The first-order valence-electron chi connectivity index (χ1n) is 12.3. The van der Waals surface area contributed by atoms with Crippen molar-refractivity contribution in [2.75, 3.05) is 12.4 Å². The maximum atomic E-state index is 12.8. The van der Waals surface area contributed by atoms with E-state index >= 15 is 0 Å². The number of primary amides is 1. The van der Waals surface area contributed by atoms with Crippen molar-refractivity contribution in [2.24, 2.45) is 5.73 Å². The number of benzene rings is 1. The largest absolute Gasteiger partial charge is 0.456 e. The Hall–Kier alpha value is -3.86. The number of aromatic amines is 1. The molecule has 1 fully saturated rings. The molecule has 4 rings (SSSR count). The van der Waals surface area contributed by atoms with Crippen molar-refractivity contribution < 1.29 is 43.9 Å². The molecule has 1 unspecified atom stereocenters. The van der Waals surface area contributed by atoms with Crippen LogP contribution in [0, 0.1) is 0 Å². The second-order valence-corrected chi connectivity index (χ2v) is 9.16. The standard InChI is InChI=1S/C25H30N4O11/c1-3-11-4-6-12(7-5-11)27-22(35)14-10-13(30)16(32)24(38-14)40-20(21(26)34)19-18(37-2)17(33)23(39-19)29-9-8-15(31)28-25(29)36/h4-10,13,16-20,23-24,30,32-33H,3H2,1-2H3,(H2,26,34)(H,27,35)(H,28,31,36)/t13-,16-,17+,18-,19-,20?,23+,24+/m0/s1. The monoisotopic (exact) mass is 562 g/mol. The number of carbonyl (C=O) groups is 2. The fourth-order valence-corrected chi connectivity index (χ4v) is 4.40. The molecule has 0 aliphatic carbocycles. The summed E-state index contributed by atoms with van der Waals surface area (Å²) >= 11 is 0. The van der Waals surface area contributed by atoms with E-state index < -0.39 is 78.0 Å². The number of anilines is 1. The van der Waals surface area contributed by atoms with Crippen LogP contribution in [0.1, 0.15) is 18.7 Å². The number of nitrogens with one attached hydrogen (secondary N) is 2. The number of nitrogens with two attached hydrogens (primary N) is 1. The summed E-state index contributed by atoms with van der Waals surface area (Å²) in [5.74, 6) is -2.30. The summed E-state index contributed by atoms with van der Waals surface area (Å²) in [5, 5.41) is 34.2. The Morgan fingerprint density at radius 2 is 1.85 bits per heavy atom. The van der Waals surface area contributed by atoms with Crippen LogP contribution in [0.2, 0.25) is 0 Å². The van der Waals surface area contributed by atoms with E-state index in [1.165, 1.54) is 7.11 Å². The number of aliphatic hydroxyl groups excluding tert-OH is 3. The number of hydrogen-bond donors (Lipinski definition) is 6. The number of H-pyrrole nitrogens is 1. The summed E-state index contributed by atoms with van der Waals surface area (Å²) in [6.07, 6.45) is -9.76. The number of aromatic nitrogens is 2. The number of aryl methyl sites for hydroxylation is 1. The van der Waals surface area contributed by atoms with Gasteiger partial charge in [0.15, 0.2) is 18.1 Å². The molecule has 1 aromatic heterocycles. The number of carbonyl (C=O) groups excluding carboxylic acids is 2. The summed E-state index contributed by atoms with van der Waals surface area (Å²) in [7, 11) is 1.20. The van der Waals surface area contributed by atoms with Crippen molar-refractivity contribution in [3.63, 3.8) is 0 Å². The van der Waals surface area contributed by atoms with E-state index in [0.717, 1.165) is 34.9 Å². The quantitative estimate of drug-likeness (QED) is 0.193. The summed E-state index contributed by atoms with van der Waals surface area (Å²) < 4.78 is 23.0. The Morgan fingerprint density at radius 3 is 2.45 bits per heavy atom. The Bertz CT molecular complexity index is 1370. The summed E-state index contributed by atoms with van der Waals surface area (Å²) in [6.45, 7) is 1.98. The van der Waals surface area contributed by atoms with E-state index in [0.29, 0.717) is 5.69 Å². The number of methoxy groups -OCH3 is 1. The molecule has 0 saturated carbocycles. The Morgan fingerprint density at radius 1 is 1.15 bits per heavy atom. The fraction of sp³-hybridized carbons (Fsp3) is 0.440. The van der Waals surface area contributed by atoms with Gasteiger partial charge in [0, 0.05) is 25.1 Å². The van der Waals surface area contributed by atoms with E-state index in [2.05, 4.69) is 5.32 Å². The Labute approximate surface area is 226 Å². The van der Waals surface area contributed by atoms with Crippen LogP contribution >= 0.6 is 0 Å². The molecule has 2 aliphatic heterocycles. The SMILES string of the molecule is CCc1ccc(NC(=O)C2=C[C@H](O)[C@H](O)[C@@H](OC(C(N)=O)[C@H]3O[C@@H](n4ccc(=O)[nH]c4=O)[C@H](O)[C@@H]3OC)O2)cc1. The molecule has 0 bridgehead atoms. The van der Waals surface area contributed by atoms with Crippen molar-refractivity contribution in [1.82, 2.24) is 9.55 Å². The molecular formula is C25H30N4O11. The van der Waals surface area contributed by atoms with Crippen molar-refractivity contribution in [3.8, 4) is 0 Å². The van der Waals surface area contributed by atoms with Gasteiger partial charge in [0.25, 0.3) is 11.5 Å². The Kier molecular flexibility index (Phi) is 8.82. The number of aliphatic hydroxyl groups is 3. The van der Waals surface area contributed by atoms with Gasteiger partial charge in [-0.2, -0.15) is 0 Å². The van der Waals surface area contributed by atoms with E-state index in [4.69, 9.17) is 24.7 Å². The molecule has 2 aliphatic rings. The minimum Gasteiger partial charge on any atom is -0.456 e. The van der Waals surface area contributed by atoms with Gasteiger partial charge in [0.05, 0.1) is 0 Å². The highest BCUT2D eigenvalue weighted by Crippen LogP contribution is 2.34. The predicted octanol–water partition coefficient (Wildman–Crippen LogP) is -2.16. The predicted molar refractivity (Wildman–Crippen MR) is 136 cm³/mol. The molecule has 0 radical (unpaired) electrons. The second-order valence-electron chi connectivity index (χ2n) is 9.16. The zero-order chi connectivity index (χ0) is 29.1.